The van der Waals surface area contributed by atoms with Gasteiger partial charge in [-0.25, -0.2) is 4.39 Å². The topological polar surface area (TPSA) is 58.2 Å². The van der Waals surface area contributed by atoms with Gasteiger partial charge in [0, 0.05) is 11.4 Å². The normalized spacial score (nSPS) is 11.1. The molecule has 2 aromatic carbocycles. The molecule has 25 heavy (non-hydrogen) atoms. The van der Waals surface area contributed by atoms with Crippen molar-refractivity contribution in [3.63, 3.8) is 0 Å². The third-order valence-electron chi connectivity index (χ3n) is 3.00. The van der Waals surface area contributed by atoms with E-state index in [0.29, 0.717) is 0 Å². The maximum atomic E-state index is 13.0. The average Bonchev–Trinajstić information content (AvgIpc) is 2.50. The number of hydrogen-bond acceptors (Lipinski definition) is 2. The molecule has 0 radical (unpaired) electrons. The first kappa shape index (κ1) is 18.7. The molecule has 0 fully saturated rings. The van der Waals surface area contributed by atoms with E-state index in [2.05, 4.69) is 10.6 Å². The van der Waals surface area contributed by atoms with Gasteiger partial charge in [0.05, 0.1) is 10.6 Å². The van der Waals surface area contributed by atoms with Gasteiger partial charge in [0.15, 0.2) is 0 Å². The third-order valence-corrected chi connectivity index (χ3v) is 3.29. The molecular formula is C16H11ClF4N2O2. The van der Waals surface area contributed by atoms with Crippen molar-refractivity contribution in [3.8, 4) is 0 Å². The molecule has 9 heteroatoms. The van der Waals surface area contributed by atoms with E-state index in [1.807, 2.05) is 0 Å². The summed E-state index contributed by atoms with van der Waals surface area (Å²) in [7, 11) is 0. The first-order chi connectivity index (χ1) is 11.6. The maximum Gasteiger partial charge on any atom is 0.416 e. The smallest absolute Gasteiger partial charge is 0.326 e. The Morgan fingerprint density at radius 1 is 0.960 bits per heavy atom. The minimum absolute atomic E-state index is 0.0857. The summed E-state index contributed by atoms with van der Waals surface area (Å²) in [6.07, 6.45) is -5.18. The molecule has 0 saturated carbocycles. The van der Waals surface area contributed by atoms with Gasteiger partial charge in [-0.15, -0.1) is 0 Å². The molecule has 0 aliphatic carbocycles. The van der Waals surface area contributed by atoms with Crippen LogP contribution in [0.25, 0.3) is 0 Å². The van der Waals surface area contributed by atoms with Crippen molar-refractivity contribution < 1.29 is 27.2 Å². The summed E-state index contributed by atoms with van der Waals surface area (Å²) < 4.78 is 50.8. The van der Waals surface area contributed by atoms with Crippen molar-refractivity contribution in [2.45, 2.75) is 12.6 Å². The van der Waals surface area contributed by atoms with Crippen LogP contribution in [0.5, 0.6) is 0 Å². The minimum atomic E-state index is -4.54. The zero-order chi connectivity index (χ0) is 18.6. The van der Waals surface area contributed by atoms with Crippen LogP contribution in [-0.2, 0) is 15.8 Å². The van der Waals surface area contributed by atoms with Gasteiger partial charge < -0.3 is 10.6 Å². The lowest BCUT2D eigenvalue weighted by Gasteiger charge is -2.10. The van der Waals surface area contributed by atoms with Crippen LogP contribution in [0.1, 0.15) is 12.0 Å². The minimum Gasteiger partial charge on any atom is -0.326 e. The van der Waals surface area contributed by atoms with E-state index in [1.165, 1.54) is 18.2 Å². The monoisotopic (exact) mass is 374 g/mol. The number of amides is 2. The number of benzene rings is 2. The van der Waals surface area contributed by atoms with Gasteiger partial charge in [-0.1, -0.05) is 17.7 Å². The molecule has 132 valence electrons. The molecule has 4 nitrogen and oxygen atoms in total. The average molecular weight is 375 g/mol. The summed E-state index contributed by atoms with van der Waals surface area (Å²) in [4.78, 5) is 23.5. The molecule has 0 aromatic heterocycles. The van der Waals surface area contributed by atoms with Crippen LogP contribution < -0.4 is 10.6 Å². The lowest BCUT2D eigenvalue weighted by atomic mass is 10.2. The van der Waals surface area contributed by atoms with Crippen molar-refractivity contribution in [3.05, 3.63) is 58.9 Å². The Bertz CT molecular complexity index is 809. The number of rotatable bonds is 4. The maximum absolute atomic E-state index is 13.0. The van der Waals surface area contributed by atoms with E-state index >= 15 is 0 Å². The number of alkyl halides is 3. The van der Waals surface area contributed by atoms with E-state index in [1.54, 1.807) is 0 Å². The second kappa shape index (κ2) is 7.52. The van der Waals surface area contributed by atoms with Gasteiger partial charge in [0.1, 0.15) is 12.2 Å². The number of anilines is 2. The number of carbonyl (C=O) groups is 2. The fraction of sp³-hybridized carbons (Fsp3) is 0.125. The zero-order valence-corrected chi connectivity index (χ0v) is 13.2. The van der Waals surface area contributed by atoms with Crippen LogP contribution in [-0.4, -0.2) is 11.8 Å². The van der Waals surface area contributed by atoms with Gasteiger partial charge in [-0.2, -0.15) is 13.2 Å². The van der Waals surface area contributed by atoms with Crippen LogP contribution >= 0.6 is 11.6 Å². The van der Waals surface area contributed by atoms with E-state index in [4.69, 9.17) is 11.6 Å². The highest BCUT2D eigenvalue weighted by Gasteiger charge is 2.30. The Morgan fingerprint density at radius 3 is 2.12 bits per heavy atom. The number of halogens is 5. The molecule has 0 spiro atoms. The Labute approximate surface area is 144 Å². The summed E-state index contributed by atoms with van der Waals surface area (Å²) in [6.45, 7) is 0. The fourth-order valence-electron chi connectivity index (χ4n) is 1.90. The van der Waals surface area contributed by atoms with Crippen LogP contribution in [0.4, 0.5) is 28.9 Å². The van der Waals surface area contributed by atoms with Gasteiger partial charge in [-0.05, 0) is 36.4 Å². The van der Waals surface area contributed by atoms with Crippen molar-refractivity contribution in [1.29, 1.82) is 0 Å². The predicted octanol–water partition coefficient (Wildman–Crippen LogP) is 4.47. The quantitative estimate of drug-likeness (QED) is 0.613. The van der Waals surface area contributed by atoms with Gasteiger partial charge in [0.25, 0.3) is 0 Å². The highest BCUT2D eigenvalue weighted by Crippen LogP contribution is 2.30. The molecule has 0 unspecified atom stereocenters. The molecule has 2 amide bonds. The van der Waals surface area contributed by atoms with E-state index in [9.17, 15) is 27.2 Å². The summed E-state index contributed by atoms with van der Waals surface area (Å²) in [5.74, 6) is -2.20. The molecule has 0 aliphatic rings. The van der Waals surface area contributed by atoms with Crippen LogP contribution in [0.15, 0.2) is 42.5 Å². The lowest BCUT2D eigenvalue weighted by molar-refractivity contribution is -0.137. The predicted molar refractivity (Wildman–Crippen MR) is 84.7 cm³/mol. The summed E-state index contributed by atoms with van der Waals surface area (Å²) in [5, 5.41) is 4.33. The van der Waals surface area contributed by atoms with Crippen LogP contribution in [0.2, 0.25) is 5.02 Å². The lowest BCUT2D eigenvalue weighted by Crippen LogP contribution is -2.21. The zero-order valence-electron chi connectivity index (χ0n) is 12.5. The summed E-state index contributed by atoms with van der Waals surface area (Å²) in [5.41, 5.74) is -0.823. The second-order valence-corrected chi connectivity index (χ2v) is 5.39. The van der Waals surface area contributed by atoms with Gasteiger partial charge in [-0.3, -0.25) is 9.59 Å². The van der Waals surface area contributed by atoms with E-state index in [0.717, 1.165) is 24.3 Å². The standard InChI is InChI=1S/C16H11ClF4N2O2/c17-12-7-11(4-5-13(12)18)23-15(25)8-14(24)22-10-3-1-2-9(6-10)16(19,20)21/h1-7H,8H2,(H,22,24)(H,23,25). The van der Waals surface area contributed by atoms with Gasteiger partial charge >= 0.3 is 6.18 Å². The summed E-state index contributed by atoms with van der Waals surface area (Å²) >= 11 is 5.56. The molecule has 0 atom stereocenters. The Balaban J connectivity index is 1.95. The van der Waals surface area contributed by atoms with Crippen molar-refractivity contribution in [1.82, 2.24) is 0 Å². The molecule has 2 rings (SSSR count). The van der Waals surface area contributed by atoms with E-state index in [-0.39, 0.29) is 16.4 Å². The number of nitrogens with one attached hydrogen (secondary N) is 2. The SMILES string of the molecule is O=C(CC(=O)Nc1ccc(F)c(Cl)c1)Nc1cccc(C(F)(F)F)c1. The van der Waals surface area contributed by atoms with Gasteiger partial charge in [0.2, 0.25) is 11.8 Å². The largest absolute Gasteiger partial charge is 0.416 e. The van der Waals surface area contributed by atoms with E-state index < -0.39 is 35.8 Å². The Morgan fingerprint density at radius 2 is 1.56 bits per heavy atom. The summed E-state index contributed by atoms with van der Waals surface area (Å²) in [6, 6.07) is 7.49. The molecular weight excluding hydrogens is 364 g/mol. The van der Waals surface area contributed by atoms with Crippen LogP contribution in [0.3, 0.4) is 0 Å². The third kappa shape index (κ3) is 5.46. The van der Waals surface area contributed by atoms with Crippen LogP contribution in [0, 0.1) is 5.82 Å². The molecule has 0 bridgehead atoms. The fourth-order valence-corrected chi connectivity index (χ4v) is 2.08. The van der Waals surface area contributed by atoms with Crippen molar-refractivity contribution >= 4 is 34.8 Å². The number of hydrogen-bond donors (Lipinski definition) is 2. The molecule has 2 aromatic rings. The molecule has 2 N–H and O–H groups in total. The first-order valence-corrected chi connectivity index (χ1v) is 7.25. The Hall–Kier alpha value is -2.61. The second-order valence-electron chi connectivity index (χ2n) is 4.98. The highest BCUT2D eigenvalue weighted by atomic mass is 35.5. The van der Waals surface area contributed by atoms with Crippen molar-refractivity contribution in [2.75, 3.05) is 10.6 Å². The molecule has 0 heterocycles. The highest BCUT2D eigenvalue weighted by molar-refractivity contribution is 6.31. The number of carbonyl (C=O) groups excluding carboxylic acids is 2. The first-order valence-electron chi connectivity index (χ1n) is 6.87. The Kier molecular flexibility index (Phi) is 5.63. The van der Waals surface area contributed by atoms with Crippen molar-refractivity contribution in [2.24, 2.45) is 0 Å². The molecule has 0 aliphatic heterocycles. The molecule has 0 saturated heterocycles.